The van der Waals surface area contributed by atoms with Crippen molar-refractivity contribution in [2.45, 2.75) is 0 Å². The number of hydrogen-bond acceptors (Lipinski definition) is 5. The molecule has 0 spiro atoms. The minimum absolute atomic E-state index is 0.0168. The maximum absolute atomic E-state index is 12.4. The van der Waals surface area contributed by atoms with Gasteiger partial charge in [0.05, 0.1) is 14.2 Å². The van der Waals surface area contributed by atoms with Crippen molar-refractivity contribution in [3.05, 3.63) is 76.2 Å². The highest BCUT2D eigenvalue weighted by atomic mass is 16.5. The lowest BCUT2D eigenvalue weighted by molar-refractivity contribution is 0.104. The fourth-order valence-corrected chi connectivity index (χ4v) is 2.53. The molecule has 0 atom stereocenters. The minimum Gasteiger partial charge on any atom is -0.493 e. The average Bonchev–Trinajstić information content (AvgIpc) is 2.64. The SMILES string of the molecule is COc1cccc(/C=C/C(=O)c2cc3ccccc3oc2=O)c1OC. The molecule has 2 aromatic carbocycles. The van der Waals surface area contributed by atoms with Gasteiger partial charge >= 0.3 is 5.63 Å². The van der Waals surface area contributed by atoms with Crippen LogP contribution < -0.4 is 15.1 Å². The van der Waals surface area contributed by atoms with Crippen LogP contribution in [0.2, 0.25) is 0 Å². The summed E-state index contributed by atoms with van der Waals surface area (Å²) in [7, 11) is 3.06. The molecule has 0 unspecified atom stereocenters. The number of allylic oxidation sites excluding steroid dienone is 1. The average molecular weight is 336 g/mol. The summed E-state index contributed by atoms with van der Waals surface area (Å²) < 4.78 is 15.7. The Morgan fingerprint density at radius 2 is 1.84 bits per heavy atom. The van der Waals surface area contributed by atoms with Gasteiger partial charge < -0.3 is 13.9 Å². The first-order chi connectivity index (χ1) is 12.1. The Morgan fingerprint density at radius 3 is 2.60 bits per heavy atom. The predicted molar refractivity (Wildman–Crippen MR) is 95.4 cm³/mol. The van der Waals surface area contributed by atoms with E-state index in [1.807, 2.05) is 6.07 Å². The summed E-state index contributed by atoms with van der Waals surface area (Å²) in [5.41, 5.74) is 0.436. The van der Waals surface area contributed by atoms with Crippen LogP contribution >= 0.6 is 0 Å². The third kappa shape index (κ3) is 3.30. The molecule has 1 heterocycles. The van der Waals surface area contributed by atoms with Crippen molar-refractivity contribution in [1.82, 2.24) is 0 Å². The number of rotatable bonds is 5. The monoisotopic (exact) mass is 336 g/mol. The first kappa shape index (κ1) is 16.5. The first-order valence-corrected chi connectivity index (χ1v) is 7.60. The van der Waals surface area contributed by atoms with Crippen LogP contribution in [0, 0.1) is 0 Å². The van der Waals surface area contributed by atoms with E-state index in [1.165, 1.54) is 26.4 Å². The normalized spacial score (nSPS) is 11.0. The maximum Gasteiger partial charge on any atom is 0.347 e. The van der Waals surface area contributed by atoms with Crippen molar-refractivity contribution in [2.75, 3.05) is 14.2 Å². The fraction of sp³-hybridized carbons (Fsp3) is 0.100. The molecule has 0 aliphatic rings. The molecular formula is C20H16O5. The van der Waals surface area contributed by atoms with Gasteiger partial charge in [-0.1, -0.05) is 30.3 Å². The standard InChI is InChI=1S/C20H16O5/c1-23-18-9-5-7-13(19(18)24-2)10-11-16(21)15-12-14-6-3-4-8-17(14)25-20(15)22/h3-12H,1-2H3/b11-10+. The molecule has 0 bridgehead atoms. The highest BCUT2D eigenvalue weighted by Crippen LogP contribution is 2.31. The van der Waals surface area contributed by atoms with Crippen LogP contribution in [0.15, 0.2) is 63.8 Å². The van der Waals surface area contributed by atoms with E-state index in [2.05, 4.69) is 0 Å². The van der Waals surface area contributed by atoms with Crippen molar-refractivity contribution in [3.8, 4) is 11.5 Å². The van der Waals surface area contributed by atoms with Crippen molar-refractivity contribution in [2.24, 2.45) is 0 Å². The molecule has 5 heteroatoms. The van der Waals surface area contributed by atoms with Crippen LogP contribution in [0.4, 0.5) is 0 Å². The molecule has 25 heavy (non-hydrogen) atoms. The lowest BCUT2D eigenvalue weighted by Gasteiger charge is -2.09. The molecule has 0 fully saturated rings. The Labute approximate surface area is 144 Å². The van der Waals surface area contributed by atoms with E-state index in [0.717, 1.165) is 0 Å². The van der Waals surface area contributed by atoms with Crippen LogP contribution in [0.3, 0.4) is 0 Å². The van der Waals surface area contributed by atoms with Crippen LogP contribution in [0.5, 0.6) is 11.5 Å². The second kappa shape index (κ2) is 7.05. The number of fused-ring (bicyclic) bond motifs is 1. The Hall–Kier alpha value is -3.34. The van der Waals surface area contributed by atoms with Gasteiger partial charge in [0, 0.05) is 10.9 Å². The molecular weight excluding hydrogens is 320 g/mol. The van der Waals surface area contributed by atoms with Gasteiger partial charge in [-0.15, -0.1) is 0 Å². The van der Waals surface area contributed by atoms with Gasteiger partial charge in [0.2, 0.25) is 0 Å². The number of benzene rings is 2. The molecule has 126 valence electrons. The van der Waals surface area contributed by atoms with E-state index in [1.54, 1.807) is 42.5 Å². The zero-order valence-corrected chi connectivity index (χ0v) is 13.8. The molecule has 0 saturated heterocycles. The van der Waals surface area contributed by atoms with Crippen LogP contribution in [0.1, 0.15) is 15.9 Å². The summed E-state index contributed by atoms with van der Waals surface area (Å²) in [4.78, 5) is 24.5. The number of ketones is 1. The highest BCUT2D eigenvalue weighted by molar-refractivity contribution is 6.07. The van der Waals surface area contributed by atoms with Gasteiger partial charge in [0.1, 0.15) is 11.1 Å². The van der Waals surface area contributed by atoms with E-state index < -0.39 is 11.4 Å². The number of carbonyl (C=O) groups excluding carboxylic acids is 1. The summed E-state index contributed by atoms with van der Waals surface area (Å²) in [5, 5.41) is 0.692. The molecule has 0 amide bonds. The number of para-hydroxylation sites is 2. The van der Waals surface area contributed by atoms with Gasteiger partial charge in [0.15, 0.2) is 17.3 Å². The van der Waals surface area contributed by atoms with E-state index in [-0.39, 0.29) is 5.56 Å². The molecule has 0 aliphatic carbocycles. The molecule has 1 aromatic heterocycles. The highest BCUT2D eigenvalue weighted by Gasteiger charge is 2.12. The van der Waals surface area contributed by atoms with Gasteiger partial charge in [-0.25, -0.2) is 4.79 Å². The fourth-order valence-electron chi connectivity index (χ4n) is 2.53. The lowest BCUT2D eigenvalue weighted by atomic mass is 10.1. The van der Waals surface area contributed by atoms with Crippen LogP contribution in [-0.4, -0.2) is 20.0 Å². The summed E-state index contributed by atoms with van der Waals surface area (Å²) in [6, 6.07) is 13.9. The third-order valence-corrected chi connectivity index (χ3v) is 3.75. The van der Waals surface area contributed by atoms with Crippen molar-refractivity contribution >= 4 is 22.8 Å². The number of methoxy groups -OCH3 is 2. The molecule has 0 radical (unpaired) electrons. The lowest BCUT2D eigenvalue weighted by Crippen LogP contribution is -2.11. The van der Waals surface area contributed by atoms with Crippen molar-refractivity contribution < 1.29 is 18.7 Å². The molecule has 5 nitrogen and oxygen atoms in total. The molecule has 0 N–H and O–H groups in total. The van der Waals surface area contributed by atoms with Crippen molar-refractivity contribution in [1.29, 1.82) is 0 Å². The van der Waals surface area contributed by atoms with Crippen molar-refractivity contribution in [3.63, 3.8) is 0 Å². The molecule has 3 aromatic rings. The van der Waals surface area contributed by atoms with E-state index in [9.17, 15) is 9.59 Å². The second-order valence-corrected chi connectivity index (χ2v) is 5.27. The van der Waals surface area contributed by atoms with Gasteiger partial charge in [-0.2, -0.15) is 0 Å². The minimum atomic E-state index is -0.661. The molecule has 0 aliphatic heterocycles. The number of ether oxygens (including phenoxy) is 2. The van der Waals surface area contributed by atoms with Crippen LogP contribution in [-0.2, 0) is 0 Å². The zero-order valence-electron chi connectivity index (χ0n) is 13.8. The van der Waals surface area contributed by atoms with Crippen LogP contribution in [0.25, 0.3) is 17.0 Å². The van der Waals surface area contributed by atoms with Gasteiger partial charge in [-0.05, 0) is 30.4 Å². The van der Waals surface area contributed by atoms with Gasteiger partial charge in [-0.3, -0.25) is 4.79 Å². The second-order valence-electron chi connectivity index (χ2n) is 5.27. The first-order valence-electron chi connectivity index (χ1n) is 7.60. The smallest absolute Gasteiger partial charge is 0.347 e. The summed E-state index contributed by atoms with van der Waals surface area (Å²) in [5.74, 6) is 0.631. The van der Waals surface area contributed by atoms with Gasteiger partial charge in [0.25, 0.3) is 0 Å². The summed E-state index contributed by atoms with van der Waals surface area (Å²) in [6.45, 7) is 0. The number of hydrogen-bond donors (Lipinski definition) is 0. The Bertz CT molecular complexity index is 1010. The van der Waals surface area contributed by atoms with E-state index in [4.69, 9.17) is 13.9 Å². The largest absolute Gasteiger partial charge is 0.493 e. The summed E-state index contributed by atoms with van der Waals surface area (Å²) >= 11 is 0. The predicted octanol–water partition coefficient (Wildman–Crippen LogP) is 3.71. The Balaban J connectivity index is 1.97. The zero-order chi connectivity index (χ0) is 17.8. The summed E-state index contributed by atoms with van der Waals surface area (Å²) in [6.07, 6.45) is 2.90. The Kier molecular flexibility index (Phi) is 4.66. The Morgan fingerprint density at radius 1 is 1.04 bits per heavy atom. The topological polar surface area (TPSA) is 65.7 Å². The molecule has 0 saturated carbocycles. The quantitative estimate of drug-likeness (QED) is 0.404. The van der Waals surface area contributed by atoms with E-state index in [0.29, 0.717) is 28.0 Å². The number of carbonyl (C=O) groups is 1. The third-order valence-electron chi connectivity index (χ3n) is 3.75. The maximum atomic E-state index is 12.4. The molecule has 3 rings (SSSR count). The van der Waals surface area contributed by atoms with E-state index >= 15 is 0 Å².